The Balaban J connectivity index is 0.939. The van der Waals surface area contributed by atoms with Crippen LogP contribution in [-0.2, 0) is 5.41 Å². The van der Waals surface area contributed by atoms with Gasteiger partial charge in [-0.3, -0.25) is 0 Å². The highest BCUT2D eigenvalue weighted by Gasteiger charge is 2.52. The van der Waals surface area contributed by atoms with Gasteiger partial charge in [0, 0.05) is 33.8 Å². The molecule has 0 radical (unpaired) electrons. The molecule has 0 saturated heterocycles. The normalized spacial score (nSPS) is 13.7. The van der Waals surface area contributed by atoms with E-state index in [0.29, 0.717) is 17.5 Å². The fraction of sp³-hybridized carbons (Fsp3) is 0.0143. The number of hydrogen-bond donors (Lipinski definition) is 0. The van der Waals surface area contributed by atoms with Gasteiger partial charge < -0.3 is 4.90 Å². The van der Waals surface area contributed by atoms with Crippen LogP contribution in [0.1, 0.15) is 22.3 Å². The lowest BCUT2D eigenvalue weighted by molar-refractivity contribution is 0.794. The Morgan fingerprint density at radius 1 is 0.216 bits per heavy atom. The van der Waals surface area contributed by atoms with Gasteiger partial charge in [-0.25, -0.2) is 15.0 Å². The summed E-state index contributed by atoms with van der Waals surface area (Å²) in [6.45, 7) is 0. The van der Waals surface area contributed by atoms with E-state index in [2.05, 4.69) is 248 Å². The molecule has 4 heteroatoms. The van der Waals surface area contributed by atoms with Crippen molar-refractivity contribution in [3.63, 3.8) is 0 Å². The minimum absolute atomic E-state index is 0.610. The van der Waals surface area contributed by atoms with Crippen LogP contribution >= 0.6 is 0 Å². The van der Waals surface area contributed by atoms with Gasteiger partial charge in [0.15, 0.2) is 17.5 Å². The Morgan fingerprint density at radius 3 is 0.973 bits per heavy atom. The molecule has 1 atom stereocenters. The first-order valence-electron chi connectivity index (χ1n) is 25.3. The summed E-state index contributed by atoms with van der Waals surface area (Å²) in [4.78, 5) is 17.8. The number of rotatable bonds is 9. The van der Waals surface area contributed by atoms with Crippen LogP contribution in [0.25, 0.3) is 89.8 Å². The molecule has 1 heterocycles. The van der Waals surface area contributed by atoms with Gasteiger partial charge in [-0.2, -0.15) is 0 Å². The summed E-state index contributed by atoms with van der Waals surface area (Å²) in [5.74, 6) is 1.92. The monoisotopic (exact) mass is 942 g/mol. The minimum atomic E-state index is -0.610. The summed E-state index contributed by atoms with van der Waals surface area (Å²) in [7, 11) is 0. The van der Waals surface area contributed by atoms with Crippen molar-refractivity contribution in [2.45, 2.75) is 5.41 Å². The van der Waals surface area contributed by atoms with Crippen LogP contribution in [-0.4, -0.2) is 15.0 Å². The third-order valence-corrected chi connectivity index (χ3v) is 14.9. The second-order valence-electron chi connectivity index (χ2n) is 19.1. The van der Waals surface area contributed by atoms with E-state index in [1.807, 2.05) is 36.4 Å². The van der Waals surface area contributed by atoms with Crippen LogP contribution in [0, 0.1) is 0 Å². The third kappa shape index (κ3) is 7.18. The molecule has 2 aliphatic carbocycles. The maximum atomic E-state index is 5.21. The van der Waals surface area contributed by atoms with Gasteiger partial charge in [0.1, 0.15) is 0 Å². The van der Waals surface area contributed by atoms with E-state index >= 15 is 0 Å². The second-order valence-corrected chi connectivity index (χ2v) is 19.1. The van der Waals surface area contributed by atoms with Crippen molar-refractivity contribution in [1.29, 1.82) is 0 Å². The van der Waals surface area contributed by atoms with E-state index in [1.54, 1.807) is 0 Å². The van der Waals surface area contributed by atoms with Gasteiger partial charge in [0.05, 0.1) is 5.41 Å². The fourth-order valence-electron chi connectivity index (χ4n) is 11.6. The maximum absolute atomic E-state index is 5.21. The van der Waals surface area contributed by atoms with Gasteiger partial charge in [0.25, 0.3) is 0 Å². The first kappa shape index (κ1) is 43.1. The van der Waals surface area contributed by atoms with Crippen molar-refractivity contribution >= 4 is 17.1 Å². The molecule has 1 unspecified atom stereocenters. The molecule has 0 aliphatic heterocycles. The van der Waals surface area contributed by atoms with Crippen LogP contribution in [0.4, 0.5) is 17.1 Å². The summed E-state index contributed by atoms with van der Waals surface area (Å²) >= 11 is 0. The first-order valence-corrected chi connectivity index (χ1v) is 25.3. The smallest absolute Gasteiger partial charge is 0.164 e. The van der Waals surface area contributed by atoms with Crippen molar-refractivity contribution < 1.29 is 0 Å². The molecule has 1 aromatic heterocycles. The molecule has 0 saturated carbocycles. The number of anilines is 3. The molecule has 346 valence electrons. The van der Waals surface area contributed by atoms with Crippen molar-refractivity contribution in [3.05, 3.63) is 301 Å². The molecule has 1 spiro atoms. The van der Waals surface area contributed by atoms with E-state index in [0.717, 1.165) is 56.0 Å². The number of aromatic nitrogens is 3. The molecule has 12 aromatic rings. The van der Waals surface area contributed by atoms with Crippen molar-refractivity contribution in [2.24, 2.45) is 0 Å². The fourth-order valence-corrected chi connectivity index (χ4v) is 11.6. The zero-order valence-corrected chi connectivity index (χ0v) is 40.3. The average Bonchev–Trinajstić information content (AvgIpc) is 3.95. The molecular weight excluding hydrogens is 897 g/mol. The Labute approximate surface area is 431 Å². The Bertz CT molecular complexity index is 3920. The first-order chi connectivity index (χ1) is 36.7. The minimum Gasteiger partial charge on any atom is -0.310 e. The molecular formula is C70H46N4. The molecule has 0 fully saturated rings. The molecule has 14 rings (SSSR count). The van der Waals surface area contributed by atoms with Crippen LogP contribution < -0.4 is 4.90 Å². The number of hydrogen-bond acceptors (Lipinski definition) is 4. The SMILES string of the molecule is c1ccc(-c2cccc(N(c3cccc(-c4ccccc4)c3)c3cccc(-c4ccc5c(c4)C4(c6ccccc6-5)c5ccccc5-c5ccc(-c6nc(-c7ccccc7)nc(-c7ccccc7)n6)cc54)c3)c2)cc1. The quantitative estimate of drug-likeness (QED) is 0.145. The third-order valence-electron chi connectivity index (χ3n) is 14.9. The van der Waals surface area contributed by atoms with Gasteiger partial charge in [-0.15, -0.1) is 0 Å². The lowest BCUT2D eigenvalue weighted by Gasteiger charge is -2.31. The Morgan fingerprint density at radius 2 is 0.527 bits per heavy atom. The summed E-state index contributed by atoms with van der Waals surface area (Å²) < 4.78 is 0. The highest BCUT2D eigenvalue weighted by atomic mass is 15.1. The van der Waals surface area contributed by atoms with E-state index in [-0.39, 0.29) is 0 Å². The van der Waals surface area contributed by atoms with Gasteiger partial charge >= 0.3 is 0 Å². The predicted molar refractivity (Wildman–Crippen MR) is 303 cm³/mol. The predicted octanol–water partition coefficient (Wildman–Crippen LogP) is 17.7. The molecule has 2 aliphatic rings. The summed E-state index contributed by atoms with van der Waals surface area (Å²) in [5, 5.41) is 0. The van der Waals surface area contributed by atoms with E-state index in [9.17, 15) is 0 Å². The zero-order valence-electron chi connectivity index (χ0n) is 40.3. The van der Waals surface area contributed by atoms with Crippen LogP contribution in [0.15, 0.2) is 279 Å². The van der Waals surface area contributed by atoms with E-state index in [4.69, 9.17) is 15.0 Å². The lowest BCUT2D eigenvalue weighted by Crippen LogP contribution is -2.26. The van der Waals surface area contributed by atoms with Crippen molar-refractivity contribution in [3.8, 4) is 89.8 Å². The number of nitrogens with zero attached hydrogens (tertiary/aromatic N) is 4. The van der Waals surface area contributed by atoms with Crippen molar-refractivity contribution in [1.82, 2.24) is 15.0 Å². The van der Waals surface area contributed by atoms with Gasteiger partial charge in [0.2, 0.25) is 0 Å². The molecule has 74 heavy (non-hydrogen) atoms. The number of fused-ring (bicyclic) bond motifs is 10. The van der Waals surface area contributed by atoms with Gasteiger partial charge in [-0.05, 0) is 126 Å². The summed E-state index contributed by atoms with van der Waals surface area (Å²) in [5.41, 5.74) is 22.4. The van der Waals surface area contributed by atoms with E-state index in [1.165, 1.54) is 55.6 Å². The van der Waals surface area contributed by atoms with Crippen LogP contribution in [0.3, 0.4) is 0 Å². The summed E-state index contributed by atoms with van der Waals surface area (Å²) in [6.07, 6.45) is 0. The van der Waals surface area contributed by atoms with E-state index < -0.39 is 5.41 Å². The van der Waals surface area contributed by atoms with Crippen molar-refractivity contribution in [2.75, 3.05) is 4.90 Å². The van der Waals surface area contributed by atoms with Crippen LogP contribution in [0.5, 0.6) is 0 Å². The molecule has 0 N–H and O–H groups in total. The highest BCUT2D eigenvalue weighted by Crippen LogP contribution is 2.63. The highest BCUT2D eigenvalue weighted by molar-refractivity contribution is 5.97. The molecule has 11 aromatic carbocycles. The summed E-state index contributed by atoms with van der Waals surface area (Å²) in [6, 6.07) is 100. The standard InChI is InChI=1S/C70H46N4/c1-5-20-47(21-6-1)51-28-17-31-56(42-51)74(57-32-18-29-52(43-57)48-22-7-2-8-23-48)58-33-19-30-53(44-58)54-38-40-61-59-34-13-15-36-63(59)70(65(61)45-54)64-37-16-14-35-60(64)62-41-39-55(46-66(62)70)69-72-67(49-24-9-3-10-25-49)71-68(73-69)50-26-11-4-12-27-50/h1-46H. The maximum Gasteiger partial charge on any atom is 0.164 e. The molecule has 0 bridgehead atoms. The second kappa shape index (κ2) is 17.8. The van der Waals surface area contributed by atoms with Crippen LogP contribution in [0.2, 0.25) is 0 Å². The topological polar surface area (TPSA) is 41.9 Å². The zero-order chi connectivity index (χ0) is 49.0. The number of benzene rings is 11. The molecule has 4 nitrogen and oxygen atoms in total. The Kier molecular flexibility index (Phi) is 10.4. The average molecular weight is 943 g/mol. The largest absolute Gasteiger partial charge is 0.310 e. The Hall–Kier alpha value is -9.77. The molecule has 0 amide bonds. The lowest BCUT2D eigenvalue weighted by atomic mass is 9.70. The van der Waals surface area contributed by atoms with Gasteiger partial charge in [-0.1, -0.05) is 231 Å².